The van der Waals surface area contributed by atoms with Crippen molar-refractivity contribution in [2.24, 2.45) is 0 Å². The van der Waals surface area contributed by atoms with Gasteiger partial charge in [0, 0.05) is 27.0 Å². The standard InChI is InChI=1S/C40H38F3O4PSSi/c1-25-18-26(2)21-30(20-25)48(44,31-22-27(3)19-28(4)23-31)36-24-37(50(5,6)7)33-14-10-11-15-34(33)39(36)38-32-13-9-8-12-29(32)16-17-35(38)47-49(45,46)40(41,42)43/h8-24H,1-7H3. The predicted molar refractivity (Wildman–Crippen MR) is 204 cm³/mol. The molecule has 0 amide bonds. The molecule has 6 rings (SSSR count). The van der Waals surface area contributed by atoms with E-state index < -0.39 is 36.6 Å². The third kappa shape index (κ3) is 6.31. The molecular formula is C40H38F3O4PSSi. The Morgan fingerprint density at radius 2 is 1.10 bits per heavy atom. The van der Waals surface area contributed by atoms with Gasteiger partial charge in [0.05, 0.1) is 8.07 Å². The van der Waals surface area contributed by atoms with Crippen molar-refractivity contribution in [2.45, 2.75) is 52.8 Å². The zero-order chi connectivity index (χ0) is 36.4. The highest BCUT2D eigenvalue weighted by Crippen LogP contribution is 2.50. The molecule has 0 bridgehead atoms. The Balaban J connectivity index is 1.92. The minimum Gasteiger partial charge on any atom is -0.375 e. The summed E-state index contributed by atoms with van der Waals surface area (Å²) in [4.78, 5) is 0. The van der Waals surface area contributed by atoms with Gasteiger partial charge in [-0.3, -0.25) is 0 Å². The van der Waals surface area contributed by atoms with E-state index in [4.69, 9.17) is 4.18 Å². The number of aryl methyl sites for hydroxylation is 4. The van der Waals surface area contributed by atoms with E-state index in [2.05, 4.69) is 19.6 Å². The maximum absolute atomic E-state index is 16.7. The number of rotatable bonds is 7. The van der Waals surface area contributed by atoms with Crippen LogP contribution in [0.2, 0.25) is 19.6 Å². The van der Waals surface area contributed by atoms with Crippen LogP contribution in [0.5, 0.6) is 5.75 Å². The Hall–Kier alpha value is -4.17. The van der Waals surface area contributed by atoms with Crippen LogP contribution in [0.1, 0.15) is 22.3 Å². The van der Waals surface area contributed by atoms with Crippen molar-refractivity contribution in [1.29, 1.82) is 0 Å². The molecule has 0 saturated carbocycles. The van der Waals surface area contributed by atoms with E-state index >= 15 is 4.57 Å². The van der Waals surface area contributed by atoms with Crippen LogP contribution >= 0.6 is 7.14 Å². The van der Waals surface area contributed by atoms with E-state index in [1.165, 1.54) is 12.1 Å². The lowest BCUT2D eigenvalue weighted by Crippen LogP contribution is -2.41. The lowest BCUT2D eigenvalue weighted by atomic mass is 9.93. The van der Waals surface area contributed by atoms with Gasteiger partial charge >= 0.3 is 15.6 Å². The van der Waals surface area contributed by atoms with Gasteiger partial charge in [-0.25, -0.2) is 0 Å². The fourth-order valence-electron chi connectivity index (χ4n) is 6.93. The molecule has 0 fully saturated rings. The van der Waals surface area contributed by atoms with E-state index in [-0.39, 0.29) is 5.56 Å². The molecule has 6 aromatic carbocycles. The molecule has 4 nitrogen and oxygen atoms in total. The van der Waals surface area contributed by atoms with Crippen molar-refractivity contribution in [3.63, 3.8) is 0 Å². The van der Waals surface area contributed by atoms with Gasteiger partial charge in [-0.1, -0.05) is 120 Å². The molecule has 0 spiro atoms. The van der Waals surface area contributed by atoms with Crippen molar-refractivity contribution >= 4 is 68.0 Å². The van der Waals surface area contributed by atoms with Crippen LogP contribution in [-0.4, -0.2) is 22.0 Å². The largest absolute Gasteiger partial charge is 0.534 e. The van der Waals surface area contributed by atoms with Gasteiger partial charge in [0.25, 0.3) is 0 Å². The molecule has 0 atom stereocenters. The van der Waals surface area contributed by atoms with Crippen molar-refractivity contribution in [2.75, 3.05) is 0 Å². The SMILES string of the molecule is Cc1cc(C)cc(P(=O)(c2cc(C)cc(C)c2)c2cc([Si](C)(C)C)c3ccccc3c2-c2c(OS(=O)(=O)C(F)(F)F)ccc3ccccc23)c1. The van der Waals surface area contributed by atoms with Gasteiger partial charge in [-0.05, 0) is 79.6 Å². The maximum Gasteiger partial charge on any atom is 0.534 e. The monoisotopic (exact) mass is 730 g/mol. The lowest BCUT2D eigenvalue weighted by Gasteiger charge is -2.30. The van der Waals surface area contributed by atoms with Gasteiger partial charge in [0.1, 0.15) is 0 Å². The first kappa shape index (κ1) is 35.6. The molecule has 0 aromatic heterocycles. The summed E-state index contributed by atoms with van der Waals surface area (Å²) in [5.41, 5.74) is -1.56. The summed E-state index contributed by atoms with van der Waals surface area (Å²) in [6.45, 7) is 14.3. The average molecular weight is 731 g/mol. The van der Waals surface area contributed by atoms with Crippen LogP contribution in [0.15, 0.2) is 103 Å². The zero-order valence-corrected chi connectivity index (χ0v) is 31.6. The van der Waals surface area contributed by atoms with Crippen LogP contribution in [0, 0.1) is 27.7 Å². The second-order valence-corrected chi connectivity index (χ2v) is 23.4. The van der Waals surface area contributed by atoms with Gasteiger partial charge in [-0.2, -0.15) is 21.6 Å². The van der Waals surface area contributed by atoms with Crippen LogP contribution in [-0.2, 0) is 14.7 Å². The van der Waals surface area contributed by atoms with Gasteiger partial charge < -0.3 is 8.75 Å². The van der Waals surface area contributed by atoms with E-state index in [0.717, 1.165) is 32.8 Å². The Bertz CT molecular complexity index is 2390. The van der Waals surface area contributed by atoms with Crippen molar-refractivity contribution in [3.8, 4) is 16.9 Å². The highest BCUT2D eigenvalue weighted by molar-refractivity contribution is 7.88. The maximum atomic E-state index is 16.7. The molecule has 258 valence electrons. The molecule has 0 aliphatic rings. The number of hydrogen-bond acceptors (Lipinski definition) is 4. The molecule has 0 radical (unpaired) electrons. The number of halogens is 3. The molecule has 10 heteroatoms. The van der Waals surface area contributed by atoms with Gasteiger partial charge in [0.15, 0.2) is 12.9 Å². The number of hydrogen-bond donors (Lipinski definition) is 0. The topological polar surface area (TPSA) is 60.4 Å². The molecular weight excluding hydrogens is 693 g/mol. The smallest absolute Gasteiger partial charge is 0.375 e. The number of fused-ring (bicyclic) bond motifs is 2. The third-order valence-corrected chi connectivity index (χ3v) is 14.9. The van der Waals surface area contributed by atoms with Crippen LogP contribution < -0.4 is 25.3 Å². The number of alkyl halides is 3. The van der Waals surface area contributed by atoms with Crippen LogP contribution in [0.3, 0.4) is 0 Å². The first-order valence-corrected chi connectivity index (χ1v) is 22.8. The second kappa shape index (κ2) is 12.6. The lowest BCUT2D eigenvalue weighted by molar-refractivity contribution is -0.0499. The summed E-state index contributed by atoms with van der Waals surface area (Å²) >= 11 is 0. The summed E-state index contributed by atoms with van der Waals surface area (Å²) in [6.07, 6.45) is 0. The van der Waals surface area contributed by atoms with Gasteiger partial charge in [0.2, 0.25) is 0 Å². The van der Waals surface area contributed by atoms with Crippen molar-refractivity contribution < 1.29 is 30.3 Å². The van der Waals surface area contributed by atoms with E-state index in [9.17, 15) is 21.6 Å². The minimum absolute atomic E-state index is 0.123. The summed E-state index contributed by atoms with van der Waals surface area (Å²) in [5, 5.41) is 5.18. The fourth-order valence-corrected chi connectivity index (χ4v) is 12.4. The molecule has 0 aliphatic carbocycles. The summed E-state index contributed by atoms with van der Waals surface area (Å²) < 4.78 is 88.8. The minimum atomic E-state index is -6.07. The molecule has 0 unspecified atom stereocenters. The summed E-state index contributed by atoms with van der Waals surface area (Å²) in [7, 11) is -12.2. The van der Waals surface area contributed by atoms with E-state index in [1.54, 1.807) is 24.3 Å². The normalized spacial score (nSPS) is 12.8. The van der Waals surface area contributed by atoms with E-state index in [1.807, 2.05) is 94.4 Å². The highest BCUT2D eigenvalue weighted by atomic mass is 32.2. The molecule has 0 saturated heterocycles. The second-order valence-electron chi connectivity index (χ2n) is 14.1. The summed E-state index contributed by atoms with van der Waals surface area (Å²) in [6, 6.07) is 31.0. The Morgan fingerprint density at radius 3 is 1.60 bits per heavy atom. The first-order valence-electron chi connectivity index (χ1n) is 16.2. The number of benzene rings is 6. The Kier molecular flexibility index (Phi) is 8.95. The molecule has 0 aliphatic heterocycles. The van der Waals surface area contributed by atoms with E-state index in [0.29, 0.717) is 37.6 Å². The predicted octanol–water partition coefficient (Wildman–Crippen LogP) is 9.31. The Labute approximate surface area is 292 Å². The fraction of sp³-hybridized carbons (Fsp3) is 0.200. The third-order valence-electron chi connectivity index (χ3n) is 8.93. The van der Waals surface area contributed by atoms with Crippen molar-refractivity contribution in [3.05, 3.63) is 125 Å². The van der Waals surface area contributed by atoms with Crippen LogP contribution in [0.4, 0.5) is 13.2 Å². The van der Waals surface area contributed by atoms with Crippen LogP contribution in [0.25, 0.3) is 32.7 Å². The molecule has 0 N–H and O–H groups in total. The quantitative estimate of drug-likeness (QED) is 0.0712. The first-order chi connectivity index (χ1) is 23.3. The zero-order valence-electron chi connectivity index (χ0n) is 28.9. The Morgan fingerprint density at radius 1 is 0.620 bits per heavy atom. The highest BCUT2D eigenvalue weighted by Gasteiger charge is 2.49. The molecule has 6 aromatic rings. The average Bonchev–Trinajstić information content (AvgIpc) is 3.01. The summed E-state index contributed by atoms with van der Waals surface area (Å²) in [5.74, 6) is -0.499. The molecule has 0 heterocycles. The van der Waals surface area contributed by atoms with Gasteiger partial charge in [-0.15, -0.1) is 0 Å². The van der Waals surface area contributed by atoms with Crippen molar-refractivity contribution in [1.82, 2.24) is 0 Å². The molecule has 50 heavy (non-hydrogen) atoms.